The first kappa shape index (κ1) is 12.1. The molecule has 0 radical (unpaired) electrons. The highest BCUT2D eigenvalue weighted by Crippen LogP contribution is 2.62. The van der Waals surface area contributed by atoms with E-state index < -0.39 is 33.0 Å². The summed E-state index contributed by atoms with van der Waals surface area (Å²) in [6, 6.07) is 11.0. The number of nitriles is 1. The van der Waals surface area contributed by atoms with Crippen molar-refractivity contribution in [3.05, 3.63) is 35.9 Å². The molecule has 0 saturated heterocycles. The highest BCUT2D eigenvalue weighted by atomic mass is 32.2. The molecule has 1 saturated carbocycles. The van der Waals surface area contributed by atoms with Crippen molar-refractivity contribution >= 4 is 9.84 Å². The fraction of sp³-hybridized carbons (Fsp3) is 0.417. The van der Waals surface area contributed by atoms with E-state index in [4.69, 9.17) is 5.26 Å². The summed E-state index contributed by atoms with van der Waals surface area (Å²) in [5.41, 5.74) is -0.381. The summed E-state index contributed by atoms with van der Waals surface area (Å²) < 4.78 is 23.3. The van der Waals surface area contributed by atoms with E-state index in [2.05, 4.69) is 0 Å². The van der Waals surface area contributed by atoms with Crippen LogP contribution in [0.5, 0.6) is 0 Å². The van der Waals surface area contributed by atoms with Gasteiger partial charge in [-0.15, -0.1) is 0 Å². The molecule has 1 aromatic rings. The second-order valence-electron chi connectivity index (χ2n) is 4.45. The summed E-state index contributed by atoms with van der Waals surface area (Å²) in [4.78, 5) is 0. The maximum Gasteiger partial charge on any atom is 0.152 e. The summed E-state index contributed by atoms with van der Waals surface area (Å²) in [7, 11) is -3.34. The van der Waals surface area contributed by atoms with E-state index in [1.807, 2.05) is 12.1 Å². The van der Waals surface area contributed by atoms with Gasteiger partial charge >= 0.3 is 0 Å². The monoisotopic (exact) mass is 251 g/mol. The van der Waals surface area contributed by atoms with Gasteiger partial charge < -0.3 is 5.11 Å². The molecule has 2 rings (SSSR count). The maximum atomic E-state index is 11.6. The predicted molar refractivity (Wildman–Crippen MR) is 62.9 cm³/mol. The van der Waals surface area contributed by atoms with Gasteiger partial charge in [-0.25, -0.2) is 8.42 Å². The van der Waals surface area contributed by atoms with E-state index in [1.165, 1.54) is 0 Å². The van der Waals surface area contributed by atoms with Crippen LogP contribution < -0.4 is 0 Å². The number of benzene rings is 1. The number of rotatable bonds is 3. The van der Waals surface area contributed by atoms with E-state index in [0.29, 0.717) is 0 Å². The van der Waals surface area contributed by atoms with Crippen LogP contribution in [0.1, 0.15) is 11.5 Å². The summed E-state index contributed by atoms with van der Waals surface area (Å²) in [5, 5.41) is 17.7. The van der Waals surface area contributed by atoms with Crippen molar-refractivity contribution in [3.63, 3.8) is 0 Å². The number of aliphatic hydroxyl groups is 1. The Morgan fingerprint density at radius 2 is 2.00 bits per heavy atom. The van der Waals surface area contributed by atoms with Crippen molar-refractivity contribution < 1.29 is 13.5 Å². The van der Waals surface area contributed by atoms with Crippen LogP contribution >= 0.6 is 0 Å². The van der Waals surface area contributed by atoms with Crippen LogP contribution in [0, 0.1) is 16.7 Å². The van der Waals surface area contributed by atoms with Crippen LogP contribution in [-0.4, -0.2) is 31.6 Å². The summed E-state index contributed by atoms with van der Waals surface area (Å²) in [6.07, 6.45) is 1.11. The molecule has 1 fully saturated rings. The molecule has 1 aromatic carbocycles. The molecule has 17 heavy (non-hydrogen) atoms. The average Bonchev–Trinajstić information content (AvgIpc) is 3.00. The lowest BCUT2D eigenvalue weighted by molar-refractivity contribution is 0.242. The van der Waals surface area contributed by atoms with Crippen LogP contribution in [0.4, 0.5) is 0 Å². The van der Waals surface area contributed by atoms with Gasteiger partial charge in [0.05, 0.1) is 17.9 Å². The quantitative estimate of drug-likeness (QED) is 0.857. The normalized spacial score (nSPS) is 31.8. The number of sulfone groups is 1. The Morgan fingerprint density at radius 1 is 1.41 bits per heavy atom. The highest BCUT2D eigenvalue weighted by Gasteiger charge is 2.70. The molecule has 1 aliphatic rings. The molecule has 0 aliphatic heterocycles. The van der Waals surface area contributed by atoms with Gasteiger partial charge in [0.2, 0.25) is 0 Å². The lowest BCUT2D eigenvalue weighted by Crippen LogP contribution is -2.16. The minimum absolute atomic E-state index is 0.423. The van der Waals surface area contributed by atoms with Crippen LogP contribution in [0.15, 0.2) is 30.3 Å². The lowest BCUT2D eigenvalue weighted by atomic mass is 10.0. The molecule has 5 heteroatoms. The van der Waals surface area contributed by atoms with E-state index in [-0.39, 0.29) is 0 Å². The molecule has 90 valence electrons. The maximum absolute atomic E-state index is 11.6. The van der Waals surface area contributed by atoms with Crippen LogP contribution in [0.2, 0.25) is 0 Å². The third-order valence-corrected chi connectivity index (χ3v) is 4.96. The average molecular weight is 251 g/mol. The Labute approximate surface area is 100 Å². The molecule has 4 nitrogen and oxygen atoms in total. The molecule has 3 unspecified atom stereocenters. The molecule has 1 N–H and O–H groups in total. The zero-order valence-corrected chi connectivity index (χ0v) is 10.2. The van der Waals surface area contributed by atoms with Gasteiger partial charge in [0.25, 0.3) is 0 Å². The Hall–Kier alpha value is -1.38. The van der Waals surface area contributed by atoms with E-state index in [9.17, 15) is 13.5 Å². The predicted octanol–water partition coefficient (Wildman–Crippen LogP) is 0.699. The smallest absolute Gasteiger partial charge is 0.152 e. The van der Waals surface area contributed by atoms with Crippen molar-refractivity contribution in [2.45, 2.75) is 11.2 Å². The van der Waals surface area contributed by atoms with E-state index in [1.54, 1.807) is 24.3 Å². The van der Waals surface area contributed by atoms with E-state index in [0.717, 1.165) is 11.8 Å². The van der Waals surface area contributed by atoms with Crippen molar-refractivity contribution in [1.29, 1.82) is 5.26 Å². The van der Waals surface area contributed by atoms with Crippen LogP contribution in [-0.2, 0) is 9.84 Å². The fourth-order valence-corrected chi connectivity index (χ4v) is 4.38. The minimum Gasteiger partial charge on any atom is -0.395 e. The van der Waals surface area contributed by atoms with Gasteiger partial charge in [-0.3, -0.25) is 0 Å². The zero-order chi connectivity index (χ0) is 12.7. The van der Waals surface area contributed by atoms with Gasteiger partial charge in [-0.1, -0.05) is 30.3 Å². The van der Waals surface area contributed by atoms with Gasteiger partial charge in [0, 0.05) is 12.2 Å². The first-order valence-electron chi connectivity index (χ1n) is 5.23. The molecule has 0 heterocycles. The van der Waals surface area contributed by atoms with Crippen molar-refractivity contribution in [2.75, 3.05) is 12.9 Å². The number of nitrogens with zero attached hydrogens (tertiary/aromatic N) is 1. The second-order valence-corrected chi connectivity index (χ2v) is 6.62. The summed E-state index contributed by atoms with van der Waals surface area (Å²) in [5.74, 6) is -0.423. The molecular weight excluding hydrogens is 238 g/mol. The Bertz CT molecular complexity index is 561. The fourth-order valence-electron chi connectivity index (χ4n) is 2.52. The van der Waals surface area contributed by atoms with Gasteiger partial charge in [0.15, 0.2) is 9.84 Å². The molecular formula is C12H13NO3S. The first-order chi connectivity index (χ1) is 7.97. The second kappa shape index (κ2) is 3.83. The summed E-state index contributed by atoms with van der Waals surface area (Å²) >= 11 is 0. The van der Waals surface area contributed by atoms with Crippen molar-refractivity contribution in [1.82, 2.24) is 0 Å². The molecule has 1 aliphatic carbocycles. The first-order valence-corrected chi connectivity index (χ1v) is 7.19. The Kier molecular flexibility index (Phi) is 2.72. The third-order valence-electron chi connectivity index (χ3n) is 3.35. The molecule has 3 atom stereocenters. The Balaban J connectivity index is 2.47. The van der Waals surface area contributed by atoms with Gasteiger partial charge in [-0.2, -0.15) is 5.26 Å². The Morgan fingerprint density at radius 3 is 2.35 bits per heavy atom. The topological polar surface area (TPSA) is 78.2 Å². The molecule has 0 amide bonds. The largest absolute Gasteiger partial charge is 0.395 e. The number of aliphatic hydroxyl groups excluding tert-OH is 1. The standard InChI is InChI=1S/C12H13NO3S/c1-17(15,16)11-10(12(11,7-13)8-14)9-5-3-2-4-6-9/h2-6,10-11,14H,8H2,1H3. The third kappa shape index (κ3) is 1.74. The molecule has 0 aromatic heterocycles. The zero-order valence-electron chi connectivity index (χ0n) is 9.37. The number of hydrogen-bond donors (Lipinski definition) is 1. The SMILES string of the molecule is CS(=O)(=O)C1C(c2ccccc2)C1(C#N)CO. The number of hydrogen-bond acceptors (Lipinski definition) is 4. The molecule has 0 bridgehead atoms. The lowest BCUT2D eigenvalue weighted by Gasteiger charge is -2.02. The highest BCUT2D eigenvalue weighted by molar-refractivity contribution is 7.91. The van der Waals surface area contributed by atoms with Gasteiger partial charge in [0.1, 0.15) is 5.41 Å². The minimum atomic E-state index is -3.34. The van der Waals surface area contributed by atoms with Crippen LogP contribution in [0.3, 0.4) is 0 Å². The summed E-state index contributed by atoms with van der Waals surface area (Å²) in [6.45, 7) is -0.430. The van der Waals surface area contributed by atoms with Gasteiger partial charge in [-0.05, 0) is 5.56 Å². The van der Waals surface area contributed by atoms with Crippen molar-refractivity contribution in [2.24, 2.45) is 5.41 Å². The van der Waals surface area contributed by atoms with E-state index >= 15 is 0 Å². The van der Waals surface area contributed by atoms with Crippen LogP contribution in [0.25, 0.3) is 0 Å². The molecule has 0 spiro atoms. The van der Waals surface area contributed by atoms with Crippen molar-refractivity contribution in [3.8, 4) is 6.07 Å².